The molecule has 1 atom stereocenters. The fourth-order valence-corrected chi connectivity index (χ4v) is 3.05. The van der Waals surface area contributed by atoms with Crippen LogP contribution >= 0.6 is 0 Å². The Labute approximate surface area is 140 Å². The zero-order valence-electron chi connectivity index (χ0n) is 13.2. The number of aromatic nitrogens is 4. The van der Waals surface area contributed by atoms with Gasteiger partial charge in [-0.1, -0.05) is 30.3 Å². The Morgan fingerprint density at radius 3 is 2.79 bits per heavy atom. The third-order valence-electron chi connectivity index (χ3n) is 4.22. The van der Waals surface area contributed by atoms with E-state index in [0.717, 1.165) is 47.7 Å². The monoisotopic (exact) mass is 318 g/mol. The third kappa shape index (κ3) is 2.90. The number of aryl methyl sites for hydroxylation is 1. The van der Waals surface area contributed by atoms with Crippen LogP contribution < -0.4 is 11.1 Å². The van der Waals surface area contributed by atoms with Crippen molar-refractivity contribution in [3.05, 3.63) is 60.2 Å². The quantitative estimate of drug-likeness (QED) is 0.771. The number of nitrogens with zero attached hydrogens (tertiary/aromatic N) is 4. The number of nitrogens with two attached hydrogens (primary N) is 1. The van der Waals surface area contributed by atoms with Gasteiger partial charge in [-0.15, -0.1) is 0 Å². The first-order chi connectivity index (χ1) is 11.8. The maximum Gasteiger partial charge on any atom is 0.159 e. The maximum atomic E-state index is 5.73. The highest BCUT2D eigenvalue weighted by molar-refractivity contribution is 5.55. The number of nitrogen functional groups attached to an aromatic ring is 1. The van der Waals surface area contributed by atoms with Crippen LogP contribution in [0.5, 0.6) is 0 Å². The first-order valence-electron chi connectivity index (χ1n) is 8.05. The molecule has 0 spiro atoms. The molecule has 6 nitrogen and oxygen atoms in total. The van der Waals surface area contributed by atoms with Gasteiger partial charge in [-0.25, -0.2) is 19.9 Å². The molecule has 4 rings (SSSR count). The van der Waals surface area contributed by atoms with E-state index in [1.807, 2.05) is 36.5 Å². The molecule has 0 radical (unpaired) electrons. The average Bonchev–Trinajstić information content (AvgIpc) is 2.62. The fraction of sp³-hybridized carbons (Fsp3) is 0.222. The second kappa shape index (κ2) is 6.23. The van der Waals surface area contributed by atoms with Crippen molar-refractivity contribution in [3.8, 4) is 11.4 Å². The fourth-order valence-electron chi connectivity index (χ4n) is 3.05. The molecule has 0 bridgehead atoms. The van der Waals surface area contributed by atoms with Crippen LogP contribution in [-0.4, -0.2) is 19.9 Å². The minimum Gasteiger partial charge on any atom is -0.384 e. The number of fused-ring (bicyclic) bond motifs is 1. The Kier molecular flexibility index (Phi) is 3.78. The van der Waals surface area contributed by atoms with Gasteiger partial charge in [0.25, 0.3) is 0 Å². The number of hydrogen-bond acceptors (Lipinski definition) is 6. The Balaban J connectivity index is 1.63. The molecule has 1 aromatic carbocycles. The van der Waals surface area contributed by atoms with E-state index in [4.69, 9.17) is 10.7 Å². The first kappa shape index (κ1) is 14.6. The molecular weight excluding hydrogens is 300 g/mol. The van der Waals surface area contributed by atoms with Gasteiger partial charge in [-0.3, -0.25) is 0 Å². The van der Waals surface area contributed by atoms with Crippen LogP contribution in [0.4, 0.5) is 11.6 Å². The number of nitrogens with one attached hydrogen (secondary N) is 1. The van der Waals surface area contributed by atoms with Gasteiger partial charge in [0.15, 0.2) is 5.82 Å². The van der Waals surface area contributed by atoms with E-state index in [1.54, 1.807) is 6.07 Å². The largest absolute Gasteiger partial charge is 0.384 e. The predicted molar refractivity (Wildman–Crippen MR) is 93.2 cm³/mol. The lowest BCUT2D eigenvalue weighted by atomic mass is 9.92. The lowest BCUT2D eigenvalue weighted by molar-refractivity contribution is 0.583. The van der Waals surface area contributed by atoms with Crippen molar-refractivity contribution >= 4 is 11.6 Å². The van der Waals surface area contributed by atoms with Crippen molar-refractivity contribution in [1.82, 2.24) is 19.9 Å². The van der Waals surface area contributed by atoms with E-state index in [2.05, 4.69) is 20.3 Å². The third-order valence-corrected chi connectivity index (χ3v) is 4.22. The van der Waals surface area contributed by atoms with E-state index in [9.17, 15) is 0 Å². The van der Waals surface area contributed by atoms with Crippen molar-refractivity contribution in [1.29, 1.82) is 0 Å². The number of anilines is 2. The van der Waals surface area contributed by atoms with Crippen molar-refractivity contribution in [2.24, 2.45) is 0 Å². The lowest BCUT2D eigenvalue weighted by Gasteiger charge is -2.26. The Morgan fingerprint density at radius 2 is 1.96 bits per heavy atom. The Bertz CT molecular complexity index is 849. The summed E-state index contributed by atoms with van der Waals surface area (Å²) in [6, 6.07) is 12.0. The summed E-state index contributed by atoms with van der Waals surface area (Å²) in [6.45, 7) is 0. The van der Waals surface area contributed by atoms with Crippen LogP contribution in [0.15, 0.2) is 48.9 Å². The summed E-state index contributed by atoms with van der Waals surface area (Å²) in [5, 5.41) is 3.43. The van der Waals surface area contributed by atoms with Crippen molar-refractivity contribution in [2.75, 3.05) is 11.1 Å². The molecule has 3 aromatic rings. The molecule has 0 fully saturated rings. The number of hydrogen-bond donors (Lipinski definition) is 2. The molecule has 1 aliphatic carbocycles. The second-order valence-corrected chi connectivity index (χ2v) is 5.88. The van der Waals surface area contributed by atoms with Gasteiger partial charge in [0, 0.05) is 29.1 Å². The molecule has 0 amide bonds. The van der Waals surface area contributed by atoms with E-state index >= 15 is 0 Å². The lowest BCUT2D eigenvalue weighted by Crippen LogP contribution is -2.20. The summed E-state index contributed by atoms with van der Waals surface area (Å²) < 4.78 is 0. The van der Waals surface area contributed by atoms with Crippen molar-refractivity contribution in [2.45, 2.75) is 25.3 Å². The zero-order valence-corrected chi connectivity index (χ0v) is 13.2. The first-order valence-corrected chi connectivity index (χ1v) is 8.05. The minimum atomic E-state index is 0.146. The molecule has 6 heteroatoms. The molecule has 0 saturated heterocycles. The maximum absolute atomic E-state index is 5.73. The van der Waals surface area contributed by atoms with Gasteiger partial charge in [0.2, 0.25) is 0 Å². The van der Waals surface area contributed by atoms with Gasteiger partial charge in [0.05, 0.1) is 6.04 Å². The van der Waals surface area contributed by atoms with Crippen LogP contribution in [0.3, 0.4) is 0 Å². The summed E-state index contributed by atoms with van der Waals surface area (Å²) in [5.74, 6) is 1.97. The van der Waals surface area contributed by atoms with Gasteiger partial charge in [-0.05, 0) is 19.3 Å². The van der Waals surface area contributed by atoms with E-state index in [-0.39, 0.29) is 6.04 Å². The number of rotatable bonds is 3. The van der Waals surface area contributed by atoms with E-state index < -0.39 is 0 Å². The van der Waals surface area contributed by atoms with Gasteiger partial charge < -0.3 is 11.1 Å². The van der Waals surface area contributed by atoms with Crippen LogP contribution in [-0.2, 0) is 6.42 Å². The zero-order chi connectivity index (χ0) is 16.4. The highest BCUT2D eigenvalue weighted by atomic mass is 15.1. The molecule has 0 saturated carbocycles. The molecule has 2 aromatic heterocycles. The molecule has 120 valence electrons. The number of benzene rings is 1. The predicted octanol–water partition coefficient (Wildman–Crippen LogP) is 3.01. The summed E-state index contributed by atoms with van der Waals surface area (Å²) in [6.07, 6.45) is 6.48. The Hall–Kier alpha value is -3.02. The summed E-state index contributed by atoms with van der Waals surface area (Å²) in [5.41, 5.74) is 9.01. The molecule has 2 heterocycles. The van der Waals surface area contributed by atoms with Crippen LogP contribution in [0.1, 0.15) is 30.1 Å². The Morgan fingerprint density at radius 1 is 1.08 bits per heavy atom. The molecule has 0 unspecified atom stereocenters. The van der Waals surface area contributed by atoms with Gasteiger partial charge in [0.1, 0.15) is 18.0 Å². The molecular formula is C18H18N6. The molecule has 24 heavy (non-hydrogen) atoms. The van der Waals surface area contributed by atoms with Gasteiger partial charge >= 0.3 is 0 Å². The smallest absolute Gasteiger partial charge is 0.159 e. The van der Waals surface area contributed by atoms with Crippen LogP contribution in [0.2, 0.25) is 0 Å². The van der Waals surface area contributed by atoms with E-state index in [1.165, 1.54) is 6.33 Å². The van der Waals surface area contributed by atoms with Crippen molar-refractivity contribution in [3.63, 3.8) is 0 Å². The normalized spacial score (nSPS) is 16.4. The summed E-state index contributed by atoms with van der Waals surface area (Å²) in [7, 11) is 0. The SMILES string of the molecule is Nc1cc(N[C@@H]2CCCc3nc(-c4ccccc4)ncc32)ncn1. The minimum absolute atomic E-state index is 0.146. The standard InChI is InChI=1S/C18H18N6/c19-16-9-17(22-11-21-16)23-14-7-4-8-15-13(14)10-20-18(24-15)12-5-2-1-3-6-12/h1-3,5-6,9-11,14H,4,7-8H2,(H3,19,21,22,23)/t14-/m1/s1. The van der Waals surface area contributed by atoms with E-state index in [0.29, 0.717) is 5.82 Å². The highest BCUT2D eigenvalue weighted by Crippen LogP contribution is 2.31. The molecule has 3 N–H and O–H groups in total. The van der Waals surface area contributed by atoms with Crippen LogP contribution in [0, 0.1) is 0 Å². The molecule has 1 aliphatic rings. The summed E-state index contributed by atoms with van der Waals surface area (Å²) >= 11 is 0. The topological polar surface area (TPSA) is 89.6 Å². The van der Waals surface area contributed by atoms with Crippen LogP contribution in [0.25, 0.3) is 11.4 Å². The summed E-state index contributed by atoms with van der Waals surface area (Å²) in [4.78, 5) is 17.5. The molecule has 0 aliphatic heterocycles. The average molecular weight is 318 g/mol. The second-order valence-electron chi connectivity index (χ2n) is 5.88. The van der Waals surface area contributed by atoms with Crippen molar-refractivity contribution < 1.29 is 0 Å². The highest BCUT2D eigenvalue weighted by Gasteiger charge is 2.22. The van der Waals surface area contributed by atoms with Gasteiger partial charge in [-0.2, -0.15) is 0 Å².